The molecule has 1 saturated heterocycles. The van der Waals surface area contributed by atoms with Crippen LogP contribution < -0.4 is 5.32 Å². The number of carbonyl (C=O) groups excluding carboxylic acids is 1. The number of hydrogen-bond donors (Lipinski definition) is 1. The smallest absolute Gasteiger partial charge is 0.251 e. The second-order valence-corrected chi connectivity index (χ2v) is 8.39. The van der Waals surface area contributed by atoms with Gasteiger partial charge in [-0.2, -0.15) is 11.8 Å². The van der Waals surface area contributed by atoms with E-state index < -0.39 is 0 Å². The first-order chi connectivity index (χ1) is 13.7. The maximum Gasteiger partial charge on any atom is 0.251 e. The molecule has 0 unspecified atom stereocenters. The quantitative estimate of drug-likeness (QED) is 0.642. The highest BCUT2D eigenvalue weighted by Crippen LogP contribution is 2.15. The molecule has 1 heterocycles. The van der Waals surface area contributed by atoms with Crippen LogP contribution in [0.4, 0.5) is 4.39 Å². The third-order valence-corrected chi connectivity index (χ3v) is 6.08. The predicted octanol–water partition coefficient (Wildman–Crippen LogP) is 4.86. The molecule has 28 heavy (non-hydrogen) atoms. The van der Waals surface area contributed by atoms with Gasteiger partial charge in [-0.1, -0.05) is 43.2 Å². The van der Waals surface area contributed by atoms with Gasteiger partial charge in [-0.3, -0.25) is 9.69 Å². The predicted molar refractivity (Wildman–Crippen MR) is 115 cm³/mol. The first kappa shape index (κ1) is 20.9. The molecule has 2 aromatic carbocycles. The Morgan fingerprint density at radius 2 is 1.71 bits per heavy atom. The molecular weight excluding hydrogens is 371 g/mol. The van der Waals surface area contributed by atoms with E-state index in [-0.39, 0.29) is 11.7 Å². The highest BCUT2D eigenvalue weighted by Gasteiger charge is 2.10. The summed E-state index contributed by atoms with van der Waals surface area (Å²) in [5.41, 5.74) is 2.66. The van der Waals surface area contributed by atoms with Crippen molar-refractivity contribution < 1.29 is 9.18 Å². The summed E-state index contributed by atoms with van der Waals surface area (Å²) in [5, 5.41) is 2.95. The van der Waals surface area contributed by atoms with Gasteiger partial charge in [0.25, 0.3) is 5.91 Å². The Labute approximate surface area is 171 Å². The van der Waals surface area contributed by atoms with E-state index >= 15 is 0 Å². The fourth-order valence-electron chi connectivity index (χ4n) is 3.45. The van der Waals surface area contributed by atoms with E-state index in [0.717, 1.165) is 12.3 Å². The normalized spacial score (nSPS) is 15.2. The van der Waals surface area contributed by atoms with Gasteiger partial charge < -0.3 is 5.32 Å². The number of thioether (sulfide) groups is 1. The van der Waals surface area contributed by atoms with Crippen LogP contribution in [0.5, 0.6) is 0 Å². The van der Waals surface area contributed by atoms with Crippen molar-refractivity contribution in [2.45, 2.75) is 38.0 Å². The van der Waals surface area contributed by atoms with Gasteiger partial charge in [0, 0.05) is 30.2 Å². The highest BCUT2D eigenvalue weighted by atomic mass is 32.2. The molecular formula is C23H29FN2OS. The Hall–Kier alpha value is -1.85. The van der Waals surface area contributed by atoms with Gasteiger partial charge in [0.2, 0.25) is 0 Å². The summed E-state index contributed by atoms with van der Waals surface area (Å²) in [4.78, 5) is 14.8. The van der Waals surface area contributed by atoms with Gasteiger partial charge in [-0.05, 0) is 55.3 Å². The molecule has 0 spiro atoms. The minimum Gasteiger partial charge on any atom is -0.351 e. The molecule has 1 aliphatic heterocycles. The fourth-order valence-corrected chi connectivity index (χ4v) is 4.30. The summed E-state index contributed by atoms with van der Waals surface area (Å²) < 4.78 is 13.6. The van der Waals surface area contributed by atoms with Crippen LogP contribution in [0.3, 0.4) is 0 Å². The van der Waals surface area contributed by atoms with Crippen molar-refractivity contribution in [1.82, 2.24) is 10.2 Å². The van der Waals surface area contributed by atoms with Crippen molar-refractivity contribution in [2.75, 3.05) is 25.4 Å². The lowest BCUT2D eigenvalue weighted by Gasteiger charge is -2.19. The summed E-state index contributed by atoms with van der Waals surface area (Å²) in [6.45, 7) is 3.89. The molecule has 1 amide bonds. The molecule has 1 fully saturated rings. The Kier molecular flexibility index (Phi) is 8.37. The molecule has 0 bridgehead atoms. The SMILES string of the molecule is O=C(NCCSCc1ccccc1F)c1ccc(CN2CCCCCC2)cc1. The number of likely N-dealkylation sites (tertiary alicyclic amines) is 1. The van der Waals surface area contributed by atoms with E-state index in [2.05, 4.69) is 22.3 Å². The number of hydrogen-bond acceptors (Lipinski definition) is 3. The fraction of sp³-hybridized carbons (Fsp3) is 0.435. The summed E-state index contributed by atoms with van der Waals surface area (Å²) in [5.74, 6) is 1.16. The third kappa shape index (κ3) is 6.64. The summed E-state index contributed by atoms with van der Waals surface area (Å²) in [6.07, 6.45) is 5.26. The van der Waals surface area contributed by atoms with Crippen molar-refractivity contribution >= 4 is 17.7 Å². The van der Waals surface area contributed by atoms with Gasteiger partial charge in [-0.25, -0.2) is 4.39 Å². The molecule has 0 saturated carbocycles. The zero-order valence-corrected chi connectivity index (χ0v) is 17.1. The molecule has 0 aliphatic carbocycles. The Morgan fingerprint density at radius 1 is 1.00 bits per heavy atom. The van der Waals surface area contributed by atoms with Crippen LogP contribution in [0.25, 0.3) is 0 Å². The molecule has 0 atom stereocenters. The van der Waals surface area contributed by atoms with Gasteiger partial charge in [0.15, 0.2) is 0 Å². The van der Waals surface area contributed by atoms with Crippen LogP contribution in [0.1, 0.15) is 47.2 Å². The van der Waals surface area contributed by atoms with Gasteiger partial charge in [0.05, 0.1) is 0 Å². The van der Waals surface area contributed by atoms with E-state index in [1.54, 1.807) is 23.9 Å². The standard InChI is InChI=1S/C23H29FN2OS/c24-22-8-4-3-7-21(22)18-28-16-13-25-23(27)20-11-9-19(10-12-20)17-26-14-5-1-2-6-15-26/h3-4,7-12H,1-2,5-6,13-18H2,(H,25,27). The van der Waals surface area contributed by atoms with Crippen molar-refractivity contribution in [3.8, 4) is 0 Å². The van der Waals surface area contributed by atoms with Crippen molar-refractivity contribution in [3.05, 3.63) is 71.0 Å². The van der Waals surface area contributed by atoms with Gasteiger partial charge in [0.1, 0.15) is 5.82 Å². The molecule has 0 radical (unpaired) electrons. The first-order valence-electron chi connectivity index (χ1n) is 10.1. The lowest BCUT2D eigenvalue weighted by molar-refractivity contribution is 0.0956. The lowest BCUT2D eigenvalue weighted by Crippen LogP contribution is -2.26. The molecule has 2 aromatic rings. The Balaban J connectivity index is 1.37. The van der Waals surface area contributed by atoms with Crippen molar-refractivity contribution in [2.24, 2.45) is 0 Å². The Bertz CT molecular complexity index is 743. The van der Waals surface area contributed by atoms with Crippen LogP contribution in [-0.4, -0.2) is 36.2 Å². The van der Waals surface area contributed by atoms with Crippen LogP contribution in [0, 0.1) is 5.82 Å². The molecule has 5 heteroatoms. The number of rotatable bonds is 8. The average Bonchev–Trinajstić information content (AvgIpc) is 2.98. The lowest BCUT2D eigenvalue weighted by atomic mass is 10.1. The highest BCUT2D eigenvalue weighted by molar-refractivity contribution is 7.98. The Morgan fingerprint density at radius 3 is 2.43 bits per heavy atom. The van der Waals surface area contributed by atoms with E-state index in [4.69, 9.17) is 0 Å². The largest absolute Gasteiger partial charge is 0.351 e. The third-order valence-electron chi connectivity index (χ3n) is 5.07. The van der Waals surface area contributed by atoms with E-state index in [1.807, 2.05) is 18.2 Å². The summed E-state index contributed by atoms with van der Waals surface area (Å²) >= 11 is 1.62. The second kappa shape index (κ2) is 11.2. The maximum absolute atomic E-state index is 13.6. The summed E-state index contributed by atoms with van der Waals surface area (Å²) in [7, 11) is 0. The number of benzene rings is 2. The van der Waals surface area contributed by atoms with Crippen molar-refractivity contribution in [3.63, 3.8) is 0 Å². The zero-order chi connectivity index (χ0) is 19.6. The van der Waals surface area contributed by atoms with E-state index in [9.17, 15) is 9.18 Å². The second-order valence-electron chi connectivity index (χ2n) is 7.29. The van der Waals surface area contributed by atoms with Crippen LogP contribution in [0.2, 0.25) is 0 Å². The number of nitrogens with zero attached hydrogens (tertiary/aromatic N) is 1. The monoisotopic (exact) mass is 400 g/mol. The summed E-state index contributed by atoms with van der Waals surface area (Å²) in [6, 6.07) is 14.8. The van der Waals surface area contributed by atoms with Crippen LogP contribution >= 0.6 is 11.8 Å². The molecule has 3 rings (SSSR count). The number of halogens is 1. The number of carbonyl (C=O) groups is 1. The maximum atomic E-state index is 13.6. The van der Waals surface area contributed by atoms with Gasteiger partial charge >= 0.3 is 0 Å². The average molecular weight is 401 g/mol. The molecule has 3 nitrogen and oxygen atoms in total. The van der Waals surface area contributed by atoms with E-state index in [1.165, 1.54) is 50.4 Å². The zero-order valence-electron chi connectivity index (χ0n) is 16.3. The van der Waals surface area contributed by atoms with E-state index in [0.29, 0.717) is 23.4 Å². The molecule has 150 valence electrons. The molecule has 1 aliphatic rings. The first-order valence-corrected chi connectivity index (χ1v) is 11.3. The van der Waals surface area contributed by atoms with Crippen molar-refractivity contribution in [1.29, 1.82) is 0 Å². The van der Waals surface area contributed by atoms with Gasteiger partial charge in [-0.15, -0.1) is 0 Å². The minimum absolute atomic E-state index is 0.0483. The number of nitrogens with one attached hydrogen (secondary N) is 1. The molecule has 0 aromatic heterocycles. The minimum atomic E-state index is -0.167. The van der Waals surface area contributed by atoms with Crippen LogP contribution in [0.15, 0.2) is 48.5 Å². The topological polar surface area (TPSA) is 32.3 Å². The molecule has 1 N–H and O–H groups in total. The van der Waals surface area contributed by atoms with Crippen LogP contribution in [-0.2, 0) is 12.3 Å². The number of amides is 1.